The Morgan fingerprint density at radius 1 is 0.600 bits per heavy atom. The SMILES string of the molecule is [Cr+3].[La].[OH-].[OH-].[OH-]. The first-order valence-electron chi connectivity index (χ1n) is 0. The largest absolute Gasteiger partial charge is 3.00 e. The molecule has 0 amide bonds. The van der Waals surface area contributed by atoms with Crippen LogP contribution in [0.4, 0.5) is 0 Å². The zero-order valence-electron chi connectivity index (χ0n) is 2.33. The van der Waals surface area contributed by atoms with Crippen LogP contribution < -0.4 is 0 Å². The van der Waals surface area contributed by atoms with Gasteiger partial charge in [-0.15, -0.1) is 0 Å². The average Bonchev–Trinajstić information content (AvgIpc) is 0. The molecular weight excluding hydrogens is 239 g/mol. The van der Waals surface area contributed by atoms with Gasteiger partial charge in [-0.25, -0.2) is 0 Å². The molecule has 3 nitrogen and oxygen atoms in total. The molecule has 0 aliphatic carbocycles. The van der Waals surface area contributed by atoms with Crippen LogP contribution in [0.2, 0.25) is 0 Å². The van der Waals surface area contributed by atoms with Crippen LogP contribution in [0.3, 0.4) is 0 Å². The summed E-state index contributed by atoms with van der Waals surface area (Å²) in [6.45, 7) is 0. The first kappa shape index (κ1) is 80.4. The van der Waals surface area contributed by atoms with Gasteiger partial charge in [0.2, 0.25) is 0 Å². The van der Waals surface area contributed by atoms with E-state index in [1.807, 2.05) is 0 Å². The standard InChI is InChI=1S/Cr.La.3H2O/h;;3*1H2/q+3;;;;/p-3. The van der Waals surface area contributed by atoms with Gasteiger partial charge in [-0.1, -0.05) is 0 Å². The molecule has 0 aromatic rings. The Morgan fingerprint density at radius 3 is 0.600 bits per heavy atom. The van der Waals surface area contributed by atoms with E-state index in [0.29, 0.717) is 0 Å². The Bertz CT molecular complexity index is 6.85. The van der Waals surface area contributed by atoms with Crippen molar-refractivity contribution in [2.45, 2.75) is 0 Å². The van der Waals surface area contributed by atoms with E-state index in [0.717, 1.165) is 0 Å². The fourth-order valence-electron chi connectivity index (χ4n) is 0. The van der Waals surface area contributed by atoms with E-state index >= 15 is 0 Å². The van der Waals surface area contributed by atoms with E-state index in [1.165, 1.54) is 0 Å². The van der Waals surface area contributed by atoms with E-state index in [-0.39, 0.29) is 69.4 Å². The van der Waals surface area contributed by atoms with E-state index < -0.39 is 0 Å². The van der Waals surface area contributed by atoms with Crippen molar-refractivity contribution in [2.75, 3.05) is 0 Å². The summed E-state index contributed by atoms with van der Waals surface area (Å²) in [6, 6.07) is 0. The Labute approximate surface area is 68.8 Å². The van der Waals surface area contributed by atoms with E-state index in [4.69, 9.17) is 0 Å². The van der Waals surface area contributed by atoms with E-state index in [1.54, 1.807) is 0 Å². The molecule has 0 rings (SSSR count). The van der Waals surface area contributed by atoms with Crippen LogP contribution in [0.25, 0.3) is 0 Å². The minimum Gasteiger partial charge on any atom is -0.870 e. The maximum absolute atomic E-state index is 0. The van der Waals surface area contributed by atoms with Crippen LogP contribution in [-0.4, -0.2) is 16.4 Å². The topological polar surface area (TPSA) is 90.0 Å². The van der Waals surface area contributed by atoms with Gasteiger partial charge in [-0.2, -0.15) is 0 Å². The van der Waals surface area contributed by atoms with Crippen molar-refractivity contribution in [2.24, 2.45) is 0 Å². The summed E-state index contributed by atoms with van der Waals surface area (Å²) >= 11 is 0. The van der Waals surface area contributed by atoms with Crippen LogP contribution in [0.1, 0.15) is 0 Å². The summed E-state index contributed by atoms with van der Waals surface area (Å²) in [7, 11) is 0. The molecule has 0 aliphatic rings. The molecule has 0 aliphatic heterocycles. The second-order valence-corrected chi connectivity index (χ2v) is 0. The Hall–Kier alpha value is 1.61. The van der Waals surface area contributed by atoms with Gasteiger partial charge < -0.3 is 16.4 Å². The molecule has 5 heavy (non-hydrogen) atoms. The van der Waals surface area contributed by atoms with Crippen LogP contribution >= 0.6 is 0 Å². The van der Waals surface area contributed by atoms with Crippen molar-refractivity contribution in [1.29, 1.82) is 0 Å². The van der Waals surface area contributed by atoms with Gasteiger partial charge in [0, 0.05) is 35.6 Å². The van der Waals surface area contributed by atoms with Gasteiger partial charge in [0.25, 0.3) is 0 Å². The number of hydrogen-bond acceptors (Lipinski definition) is 3. The second kappa shape index (κ2) is 46.1. The molecule has 0 aromatic carbocycles. The van der Waals surface area contributed by atoms with Gasteiger partial charge in [0.1, 0.15) is 0 Å². The number of hydrogen-bond donors (Lipinski definition) is 0. The van der Waals surface area contributed by atoms with Gasteiger partial charge in [-0.05, 0) is 0 Å². The van der Waals surface area contributed by atoms with Crippen LogP contribution in [0.15, 0.2) is 0 Å². The first-order chi connectivity index (χ1) is 0. The summed E-state index contributed by atoms with van der Waals surface area (Å²) in [5.41, 5.74) is 0. The Kier molecular flexibility index (Phi) is 741. The third kappa shape index (κ3) is 28.2. The van der Waals surface area contributed by atoms with Crippen LogP contribution in [-0.2, 0) is 17.4 Å². The minimum absolute atomic E-state index is 0. The first-order valence-corrected chi connectivity index (χ1v) is 0. The van der Waals surface area contributed by atoms with Crippen molar-refractivity contribution in [3.8, 4) is 0 Å². The fraction of sp³-hybridized carbons (Fsp3) is 0. The molecule has 0 saturated heterocycles. The molecule has 0 unspecified atom stereocenters. The van der Waals surface area contributed by atoms with Gasteiger partial charge in [0.05, 0.1) is 0 Å². The molecule has 0 fully saturated rings. The fourth-order valence-corrected chi connectivity index (χ4v) is 0. The minimum atomic E-state index is 0. The molecular formula is H3CrLaO3. The predicted molar refractivity (Wildman–Crippen MR) is 5.81 cm³/mol. The maximum Gasteiger partial charge on any atom is 3.00 e. The zero-order valence-corrected chi connectivity index (χ0v) is 7.23. The summed E-state index contributed by atoms with van der Waals surface area (Å²) in [4.78, 5) is 0. The Balaban J connectivity index is 0. The van der Waals surface area contributed by atoms with Crippen molar-refractivity contribution in [1.82, 2.24) is 0 Å². The molecule has 30 valence electrons. The smallest absolute Gasteiger partial charge is 0.870 e. The van der Waals surface area contributed by atoms with E-state index in [2.05, 4.69) is 0 Å². The maximum atomic E-state index is 0. The molecule has 2 radical (unpaired) electrons. The predicted octanol–water partition coefficient (Wildman–Crippen LogP) is -0.533. The molecule has 0 aromatic heterocycles. The molecule has 0 bridgehead atoms. The summed E-state index contributed by atoms with van der Waals surface area (Å²) in [5.74, 6) is 0. The average molecular weight is 242 g/mol. The van der Waals surface area contributed by atoms with E-state index in [9.17, 15) is 0 Å². The molecule has 0 atom stereocenters. The molecule has 5 heteroatoms. The number of rotatable bonds is 0. The van der Waals surface area contributed by atoms with Crippen molar-refractivity contribution in [3.63, 3.8) is 0 Å². The van der Waals surface area contributed by atoms with Crippen molar-refractivity contribution < 1.29 is 69.4 Å². The summed E-state index contributed by atoms with van der Waals surface area (Å²) < 4.78 is 0. The monoisotopic (exact) mass is 242 g/mol. The van der Waals surface area contributed by atoms with Crippen LogP contribution in [0, 0.1) is 35.6 Å². The molecule has 0 spiro atoms. The zero-order chi connectivity index (χ0) is 0. The second-order valence-electron chi connectivity index (χ2n) is 0. The third-order valence-electron chi connectivity index (χ3n) is 0. The van der Waals surface area contributed by atoms with Crippen molar-refractivity contribution in [3.05, 3.63) is 0 Å². The molecule has 3 N–H and O–H groups in total. The summed E-state index contributed by atoms with van der Waals surface area (Å²) in [5, 5.41) is 0. The van der Waals surface area contributed by atoms with Crippen molar-refractivity contribution >= 4 is 0 Å². The van der Waals surface area contributed by atoms with Gasteiger partial charge >= 0.3 is 17.4 Å². The normalized spacial score (nSPS) is 0. The Morgan fingerprint density at radius 2 is 0.600 bits per heavy atom. The van der Waals surface area contributed by atoms with Crippen LogP contribution in [0.5, 0.6) is 0 Å². The molecule has 0 heterocycles. The third-order valence-corrected chi connectivity index (χ3v) is 0. The van der Waals surface area contributed by atoms with Gasteiger partial charge in [0.15, 0.2) is 0 Å². The quantitative estimate of drug-likeness (QED) is 0.571. The molecule has 0 saturated carbocycles. The van der Waals surface area contributed by atoms with Gasteiger partial charge in [-0.3, -0.25) is 0 Å². The summed E-state index contributed by atoms with van der Waals surface area (Å²) in [6.07, 6.45) is 0.